The molecule has 4 rings (SSSR count). The maximum atomic E-state index is 11.8. The molecule has 0 bridgehead atoms. The van der Waals surface area contributed by atoms with Gasteiger partial charge in [-0.2, -0.15) is 5.26 Å². The molecule has 0 atom stereocenters. The molecule has 2 heterocycles. The van der Waals surface area contributed by atoms with Crippen LogP contribution in [0.1, 0.15) is 61.9 Å². The Morgan fingerprint density at radius 2 is 2.03 bits per heavy atom. The molecule has 1 aliphatic carbocycles. The summed E-state index contributed by atoms with van der Waals surface area (Å²) in [5.74, 6) is 1.10. The molecule has 1 aromatic carbocycles. The Kier molecular flexibility index (Phi) is 6.36. The van der Waals surface area contributed by atoms with Gasteiger partial charge in [-0.05, 0) is 69.4 Å². The Morgan fingerprint density at radius 1 is 1.27 bits per heavy atom. The van der Waals surface area contributed by atoms with Crippen LogP contribution in [-0.4, -0.2) is 43.2 Å². The van der Waals surface area contributed by atoms with Crippen LogP contribution in [0.4, 0.5) is 4.79 Å². The van der Waals surface area contributed by atoms with Crippen LogP contribution in [0.5, 0.6) is 0 Å². The van der Waals surface area contributed by atoms with Crippen LogP contribution in [0.2, 0.25) is 0 Å². The van der Waals surface area contributed by atoms with Gasteiger partial charge >= 0.3 is 6.09 Å². The molecular formula is C24H27N7O2. The fraction of sp³-hybridized carbons (Fsp3) is 0.417. The third kappa shape index (κ3) is 6.13. The number of amides is 1. The predicted molar refractivity (Wildman–Crippen MR) is 121 cm³/mol. The van der Waals surface area contributed by atoms with Crippen molar-refractivity contribution in [3.05, 3.63) is 59.2 Å². The second-order valence-electron chi connectivity index (χ2n) is 9.19. The lowest BCUT2D eigenvalue weighted by Crippen LogP contribution is -2.33. The van der Waals surface area contributed by atoms with Crippen LogP contribution in [-0.2, 0) is 17.7 Å². The van der Waals surface area contributed by atoms with Crippen LogP contribution >= 0.6 is 0 Å². The number of nitrogens with zero attached hydrogens (tertiary/aromatic N) is 6. The summed E-state index contributed by atoms with van der Waals surface area (Å²) in [5, 5.41) is 20.6. The number of hydrogen-bond donors (Lipinski definition) is 1. The van der Waals surface area contributed by atoms with Crippen molar-refractivity contribution in [1.82, 2.24) is 30.3 Å². The molecule has 3 aromatic rings. The number of carbonyl (C=O) groups is 1. The first-order chi connectivity index (χ1) is 15.8. The molecule has 9 heteroatoms. The van der Waals surface area contributed by atoms with E-state index in [4.69, 9.17) is 4.74 Å². The molecule has 9 nitrogen and oxygen atoms in total. The summed E-state index contributed by atoms with van der Waals surface area (Å²) in [7, 11) is 0. The fourth-order valence-electron chi connectivity index (χ4n) is 3.39. The summed E-state index contributed by atoms with van der Waals surface area (Å²) in [6.07, 6.45) is 7.96. The minimum atomic E-state index is -0.528. The number of ether oxygens (including phenoxy) is 1. The number of hydrogen-bond acceptors (Lipinski definition) is 7. The molecule has 33 heavy (non-hydrogen) atoms. The normalized spacial score (nSPS) is 13.4. The average molecular weight is 446 g/mol. The van der Waals surface area contributed by atoms with Crippen molar-refractivity contribution in [3.8, 4) is 17.5 Å². The first kappa shape index (κ1) is 22.4. The van der Waals surface area contributed by atoms with E-state index in [2.05, 4.69) is 31.7 Å². The van der Waals surface area contributed by atoms with E-state index in [0.29, 0.717) is 36.8 Å². The average Bonchev–Trinajstić information content (AvgIpc) is 3.52. The zero-order valence-electron chi connectivity index (χ0n) is 19.1. The molecule has 1 aliphatic rings. The highest BCUT2D eigenvalue weighted by Gasteiger charge is 2.26. The van der Waals surface area contributed by atoms with Gasteiger partial charge in [0.05, 0.1) is 23.9 Å². The number of nitrogens with one attached hydrogen (secondary N) is 1. The quantitative estimate of drug-likeness (QED) is 0.590. The van der Waals surface area contributed by atoms with Gasteiger partial charge in [0.2, 0.25) is 0 Å². The Balaban J connectivity index is 1.44. The summed E-state index contributed by atoms with van der Waals surface area (Å²) in [6, 6.07) is 7.66. The van der Waals surface area contributed by atoms with Crippen molar-refractivity contribution in [2.45, 2.75) is 58.1 Å². The lowest BCUT2D eigenvalue weighted by atomic mass is 10.0. The molecule has 1 fully saturated rings. The van der Waals surface area contributed by atoms with E-state index in [9.17, 15) is 10.1 Å². The number of carbonyl (C=O) groups excluding carboxylic acids is 1. The number of aromatic nitrogens is 5. The highest BCUT2D eigenvalue weighted by Crippen LogP contribution is 2.38. The van der Waals surface area contributed by atoms with Gasteiger partial charge in [0.1, 0.15) is 5.60 Å². The van der Waals surface area contributed by atoms with Crippen molar-refractivity contribution in [1.29, 1.82) is 5.26 Å². The van der Waals surface area contributed by atoms with E-state index in [1.807, 2.05) is 39.1 Å². The maximum absolute atomic E-state index is 11.8. The number of alkyl carbamates (subject to hydrolysis) is 1. The lowest BCUT2D eigenvalue weighted by molar-refractivity contribution is 0.0528. The molecular weight excluding hydrogens is 418 g/mol. The Labute approximate surface area is 192 Å². The molecule has 2 aromatic heterocycles. The van der Waals surface area contributed by atoms with Crippen LogP contribution in [0.15, 0.2) is 36.8 Å². The summed E-state index contributed by atoms with van der Waals surface area (Å²) >= 11 is 0. The largest absolute Gasteiger partial charge is 0.444 e. The minimum absolute atomic E-state index is 0.426. The zero-order valence-corrected chi connectivity index (χ0v) is 19.1. The van der Waals surface area contributed by atoms with Crippen molar-refractivity contribution < 1.29 is 9.53 Å². The highest BCUT2D eigenvalue weighted by atomic mass is 16.6. The van der Waals surface area contributed by atoms with Crippen molar-refractivity contribution in [3.63, 3.8) is 0 Å². The fourth-order valence-corrected chi connectivity index (χ4v) is 3.39. The predicted octanol–water partition coefficient (Wildman–Crippen LogP) is 3.60. The van der Waals surface area contributed by atoms with E-state index in [0.717, 1.165) is 22.4 Å². The Hall–Kier alpha value is -3.80. The summed E-state index contributed by atoms with van der Waals surface area (Å²) in [4.78, 5) is 20.8. The van der Waals surface area contributed by atoms with Crippen molar-refractivity contribution in [2.75, 3.05) is 6.54 Å². The van der Waals surface area contributed by atoms with Crippen molar-refractivity contribution >= 4 is 6.09 Å². The van der Waals surface area contributed by atoms with Gasteiger partial charge in [-0.3, -0.25) is 0 Å². The smallest absolute Gasteiger partial charge is 0.407 e. The van der Waals surface area contributed by atoms with E-state index in [1.165, 1.54) is 12.8 Å². The highest BCUT2D eigenvalue weighted by molar-refractivity contribution is 5.67. The minimum Gasteiger partial charge on any atom is -0.444 e. The standard InChI is InChI=1S/C24H27N7O2/c1-24(2,3)33-23(32)26-9-8-17-12-27-22(28-13-17)20-7-4-16(11-25)10-19(20)14-31-15-21(29-30-31)18-5-6-18/h4,7,10,12-13,15,18H,5-6,8-9,14H2,1-3H3,(H,26,32). The SMILES string of the molecule is CC(C)(C)OC(=O)NCCc1cnc(-c2ccc(C#N)cc2Cn2cc(C3CC3)nn2)nc1. The van der Waals surface area contributed by atoms with Crippen LogP contribution in [0.3, 0.4) is 0 Å². The zero-order chi connectivity index (χ0) is 23.4. The van der Waals surface area contributed by atoms with E-state index < -0.39 is 11.7 Å². The second-order valence-corrected chi connectivity index (χ2v) is 9.19. The van der Waals surface area contributed by atoms with E-state index in [-0.39, 0.29) is 0 Å². The number of rotatable bonds is 7. The lowest BCUT2D eigenvalue weighted by Gasteiger charge is -2.19. The van der Waals surface area contributed by atoms with Crippen LogP contribution in [0, 0.1) is 11.3 Å². The summed E-state index contributed by atoms with van der Waals surface area (Å²) < 4.78 is 7.03. The number of nitriles is 1. The molecule has 1 N–H and O–H groups in total. The van der Waals surface area contributed by atoms with E-state index in [1.54, 1.807) is 23.1 Å². The van der Waals surface area contributed by atoms with Crippen LogP contribution < -0.4 is 5.32 Å². The molecule has 170 valence electrons. The third-order valence-corrected chi connectivity index (χ3v) is 5.15. The molecule has 0 unspecified atom stereocenters. The van der Waals surface area contributed by atoms with Gasteiger partial charge in [-0.25, -0.2) is 19.4 Å². The van der Waals surface area contributed by atoms with Gasteiger partial charge in [0.25, 0.3) is 0 Å². The first-order valence-corrected chi connectivity index (χ1v) is 11.0. The van der Waals surface area contributed by atoms with Gasteiger partial charge < -0.3 is 10.1 Å². The monoisotopic (exact) mass is 445 g/mol. The topological polar surface area (TPSA) is 119 Å². The summed E-state index contributed by atoms with van der Waals surface area (Å²) in [5.41, 5.74) is 3.71. The Bertz CT molecular complexity index is 1170. The van der Waals surface area contributed by atoms with Crippen LogP contribution in [0.25, 0.3) is 11.4 Å². The van der Waals surface area contributed by atoms with E-state index >= 15 is 0 Å². The molecule has 0 radical (unpaired) electrons. The van der Waals surface area contributed by atoms with Crippen molar-refractivity contribution in [2.24, 2.45) is 0 Å². The molecule has 1 amide bonds. The van der Waals surface area contributed by atoms with Gasteiger partial charge in [-0.1, -0.05) is 5.21 Å². The molecule has 0 saturated heterocycles. The molecule has 0 aliphatic heterocycles. The third-order valence-electron chi connectivity index (χ3n) is 5.15. The summed E-state index contributed by atoms with van der Waals surface area (Å²) in [6.45, 7) is 6.38. The maximum Gasteiger partial charge on any atom is 0.407 e. The number of benzene rings is 1. The van der Waals surface area contributed by atoms with Gasteiger partial charge in [-0.15, -0.1) is 5.10 Å². The molecule has 1 saturated carbocycles. The Morgan fingerprint density at radius 3 is 2.70 bits per heavy atom. The van der Waals surface area contributed by atoms with Gasteiger partial charge in [0.15, 0.2) is 5.82 Å². The second kappa shape index (κ2) is 9.36. The molecule has 0 spiro atoms. The van der Waals surface area contributed by atoms with Gasteiger partial charge in [0, 0.05) is 36.6 Å². The first-order valence-electron chi connectivity index (χ1n) is 11.0.